The zero-order valence-electron chi connectivity index (χ0n) is 17.0. The van der Waals surface area contributed by atoms with Gasteiger partial charge < -0.3 is 24.3 Å². The highest BCUT2D eigenvalue weighted by atomic mass is 16.5. The third-order valence-electron chi connectivity index (χ3n) is 4.49. The van der Waals surface area contributed by atoms with Gasteiger partial charge in [-0.1, -0.05) is 0 Å². The summed E-state index contributed by atoms with van der Waals surface area (Å²) in [4.78, 5) is 12.9. The van der Waals surface area contributed by atoms with E-state index in [0.717, 1.165) is 0 Å². The average molecular weight is 397 g/mol. The number of hydrogen-bond donors (Lipinski definition) is 2. The second-order valence-corrected chi connectivity index (χ2v) is 6.16. The smallest absolute Gasteiger partial charge is 0.255 e. The second-order valence-electron chi connectivity index (χ2n) is 6.16. The van der Waals surface area contributed by atoms with Gasteiger partial charge in [0.15, 0.2) is 11.5 Å². The molecular weight excluding hydrogens is 374 g/mol. The van der Waals surface area contributed by atoms with Crippen LogP contribution in [0.4, 0.5) is 5.69 Å². The third kappa shape index (κ3) is 3.96. The van der Waals surface area contributed by atoms with Crippen molar-refractivity contribution in [3.05, 3.63) is 47.7 Å². The summed E-state index contributed by atoms with van der Waals surface area (Å²) in [6.45, 7) is 1.83. The molecule has 0 saturated carbocycles. The number of nitrogens with one attached hydrogen (secondary N) is 2. The molecule has 8 nitrogen and oxygen atoms in total. The number of H-pyrrole nitrogens is 1. The number of ether oxygens (including phenoxy) is 4. The maximum atomic E-state index is 12.9. The van der Waals surface area contributed by atoms with Crippen LogP contribution in [-0.4, -0.2) is 44.5 Å². The van der Waals surface area contributed by atoms with Crippen LogP contribution in [0, 0.1) is 6.92 Å². The van der Waals surface area contributed by atoms with Gasteiger partial charge in [0.05, 0.1) is 39.8 Å². The van der Waals surface area contributed by atoms with Gasteiger partial charge in [-0.25, -0.2) is 0 Å². The topological polar surface area (TPSA) is 94.7 Å². The number of aromatic amines is 1. The molecule has 1 aromatic heterocycles. The van der Waals surface area contributed by atoms with Gasteiger partial charge in [-0.2, -0.15) is 5.10 Å². The molecule has 3 aromatic rings. The van der Waals surface area contributed by atoms with Crippen molar-refractivity contribution >= 4 is 11.6 Å². The normalized spacial score (nSPS) is 10.4. The first-order chi connectivity index (χ1) is 14.0. The van der Waals surface area contributed by atoms with Crippen molar-refractivity contribution in [1.82, 2.24) is 10.2 Å². The monoisotopic (exact) mass is 397 g/mol. The van der Waals surface area contributed by atoms with Gasteiger partial charge in [0.25, 0.3) is 5.91 Å². The van der Waals surface area contributed by atoms with E-state index in [1.807, 2.05) is 6.92 Å². The number of hydrogen-bond acceptors (Lipinski definition) is 6. The Morgan fingerprint density at radius 2 is 1.59 bits per heavy atom. The molecule has 2 N–H and O–H groups in total. The number of aromatic nitrogens is 2. The highest BCUT2D eigenvalue weighted by Gasteiger charge is 2.20. The van der Waals surface area contributed by atoms with Gasteiger partial charge in [0, 0.05) is 11.1 Å². The molecule has 8 heteroatoms. The third-order valence-corrected chi connectivity index (χ3v) is 4.49. The largest absolute Gasteiger partial charge is 0.497 e. The highest BCUT2D eigenvalue weighted by molar-refractivity contribution is 6.07. The number of amides is 1. The molecule has 0 aliphatic carbocycles. The summed E-state index contributed by atoms with van der Waals surface area (Å²) < 4.78 is 21.3. The van der Waals surface area contributed by atoms with E-state index in [1.165, 1.54) is 7.11 Å². The maximum Gasteiger partial charge on any atom is 0.255 e. The Kier molecular flexibility index (Phi) is 5.92. The van der Waals surface area contributed by atoms with Crippen molar-refractivity contribution in [2.24, 2.45) is 0 Å². The van der Waals surface area contributed by atoms with Gasteiger partial charge in [0.1, 0.15) is 17.2 Å². The van der Waals surface area contributed by atoms with Crippen LogP contribution in [0.2, 0.25) is 0 Å². The lowest BCUT2D eigenvalue weighted by atomic mass is 10.1. The van der Waals surface area contributed by atoms with Gasteiger partial charge in [-0.15, -0.1) is 0 Å². The molecule has 152 valence electrons. The van der Waals surface area contributed by atoms with E-state index in [4.69, 9.17) is 18.9 Å². The standard InChI is InChI=1S/C21H23N3O5/c1-12-19(22-21(25)13-6-8-17(28-4)18(10-13)29-5)20(24-23-12)15-11-14(26-2)7-9-16(15)27-3/h6-11H,1-5H3,(H,22,25)(H,23,24). The van der Waals surface area contributed by atoms with Gasteiger partial charge in [0.2, 0.25) is 0 Å². The van der Waals surface area contributed by atoms with Crippen molar-refractivity contribution in [2.45, 2.75) is 6.92 Å². The lowest BCUT2D eigenvalue weighted by Crippen LogP contribution is -2.13. The first kappa shape index (κ1) is 20.1. The summed E-state index contributed by atoms with van der Waals surface area (Å²) in [5, 5.41) is 10.2. The molecule has 2 aromatic carbocycles. The Bertz CT molecular complexity index is 1030. The van der Waals surface area contributed by atoms with Crippen LogP contribution in [0.5, 0.6) is 23.0 Å². The fourth-order valence-corrected chi connectivity index (χ4v) is 2.94. The van der Waals surface area contributed by atoms with Crippen molar-refractivity contribution in [1.29, 1.82) is 0 Å². The summed E-state index contributed by atoms with van der Waals surface area (Å²) in [5.74, 6) is 1.97. The van der Waals surface area contributed by atoms with E-state index < -0.39 is 0 Å². The number of rotatable bonds is 7. The molecule has 0 unspecified atom stereocenters. The molecule has 0 aliphatic heterocycles. The highest BCUT2D eigenvalue weighted by Crippen LogP contribution is 2.38. The Morgan fingerprint density at radius 1 is 0.897 bits per heavy atom. The van der Waals surface area contributed by atoms with Crippen LogP contribution in [0.1, 0.15) is 16.1 Å². The number of carbonyl (C=O) groups is 1. The predicted octanol–water partition coefficient (Wildman–Crippen LogP) is 3.67. The summed E-state index contributed by atoms with van der Waals surface area (Å²) in [7, 11) is 6.22. The minimum Gasteiger partial charge on any atom is -0.497 e. The van der Waals surface area contributed by atoms with Crippen LogP contribution in [0.15, 0.2) is 36.4 Å². The molecule has 0 fully saturated rings. The summed E-state index contributed by atoms with van der Waals surface area (Å²) in [5.41, 5.74) is 2.92. The molecule has 0 spiro atoms. The molecular formula is C21H23N3O5. The number of benzene rings is 2. The number of anilines is 1. The Hall–Kier alpha value is -3.68. The molecule has 0 radical (unpaired) electrons. The fourth-order valence-electron chi connectivity index (χ4n) is 2.94. The number of nitrogens with zero attached hydrogens (tertiary/aromatic N) is 1. The SMILES string of the molecule is COc1ccc(OC)c(-c2n[nH]c(C)c2NC(=O)c2ccc(OC)c(OC)c2)c1. The van der Waals surface area contributed by atoms with Crippen molar-refractivity contribution in [3.63, 3.8) is 0 Å². The van der Waals surface area contributed by atoms with E-state index in [-0.39, 0.29) is 5.91 Å². The summed E-state index contributed by atoms with van der Waals surface area (Å²) >= 11 is 0. The van der Waals surface area contributed by atoms with Crippen LogP contribution in [0.3, 0.4) is 0 Å². The summed E-state index contributed by atoms with van der Waals surface area (Å²) in [6, 6.07) is 10.4. The number of aryl methyl sites for hydroxylation is 1. The predicted molar refractivity (Wildman–Crippen MR) is 109 cm³/mol. The van der Waals surface area contributed by atoms with Crippen LogP contribution >= 0.6 is 0 Å². The Labute approximate surface area is 168 Å². The molecule has 0 bridgehead atoms. The van der Waals surface area contributed by atoms with E-state index in [2.05, 4.69) is 15.5 Å². The van der Waals surface area contributed by atoms with E-state index in [9.17, 15) is 4.79 Å². The molecule has 0 atom stereocenters. The zero-order chi connectivity index (χ0) is 21.0. The maximum absolute atomic E-state index is 12.9. The van der Waals surface area contributed by atoms with E-state index >= 15 is 0 Å². The lowest BCUT2D eigenvalue weighted by molar-refractivity contribution is 0.102. The first-order valence-corrected chi connectivity index (χ1v) is 8.83. The van der Waals surface area contributed by atoms with Gasteiger partial charge in [-0.3, -0.25) is 9.89 Å². The van der Waals surface area contributed by atoms with Crippen LogP contribution in [-0.2, 0) is 0 Å². The van der Waals surface area contributed by atoms with Gasteiger partial charge >= 0.3 is 0 Å². The minimum atomic E-state index is -0.307. The molecule has 29 heavy (non-hydrogen) atoms. The Balaban J connectivity index is 1.98. The molecule has 1 amide bonds. The summed E-state index contributed by atoms with van der Waals surface area (Å²) in [6.07, 6.45) is 0. The second kappa shape index (κ2) is 8.55. The molecule has 0 saturated heterocycles. The van der Waals surface area contributed by atoms with Crippen molar-refractivity contribution in [3.8, 4) is 34.3 Å². The van der Waals surface area contributed by atoms with Gasteiger partial charge in [-0.05, 0) is 43.3 Å². The van der Waals surface area contributed by atoms with Crippen molar-refractivity contribution < 1.29 is 23.7 Å². The van der Waals surface area contributed by atoms with Crippen LogP contribution < -0.4 is 24.3 Å². The number of methoxy groups -OCH3 is 4. The molecule has 0 aliphatic rings. The average Bonchev–Trinajstić information content (AvgIpc) is 3.12. The van der Waals surface area contributed by atoms with E-state index in [1.54, 1.807) is 57.7 Å². The quantitative estimate of drug-likeness (QED) is 0.632. The Morgan fingerprint density at radius 3 is 2.24 bits per heavy atom. The lowest BCUT2D eigenvalue weighted by Gasteiger charge is -2.12. The zero-order valence-corrected chi connectivity index (χ0v) is 17.0. The van der Waals surface area contributed by atoms with E-state index in [0.29, 0.717) is 51.2 Å². The fraction of sp³-hybridized carbons (Fsp3) is 0.238. The van der Waals surface area contributed by atoms with Crippen molar-refractivity contribution in [2.75, 3.05) is 33.8 Å². The minimum absolute atomic E-state index is 0.307. The first-order valence-electron chi connectivity index (χ1n) is 8.83. The molecule has 1 heterocycles. The molecule has 3 rings (SSSR count). The number of carbonyl (C=O) groups excluding carboxylic acids is 1. The van der Waals surface area contributed by atoms with Crippen LogP contribution in [0.25, 0.3) is 11.3 Å².